The van der Waals surface area contributed by atoms with Crippen LogP contribution in [-0.4, -0.2) is 43.8 Å². The van der Waals surface area contributed by atoms with Gasteiger partial charge in [-0.3, -0.25) is 4.79 Å². The molecule has 1 atom stereocenters. The number of rotatable bonds is 2. The van der Waals surface area contributed by atoms with Crippen molar-refractivity contribution in [1.29, 1.82) is 0 Å². The van der Waals surface area contributed by atoms with Crippen LogP contribution in [0.15, 0.2) is 24.3 Å². The fourth-order valence-electron chi connectivity index (χ4n) is 2.27. The number of aryl methyl sites for hydroxylation is 1. The Balaban J connectivity index is 2.08. The minimum Gasteiger partial charge on any atom is -0.340 e. The maximum atomic E-state index is 12.4. The van der Waals surface area contributed by atoms with Crippen molar-refractivity contribution in [2.45, 2.75) is 19.4 Å². The Morgan fingerprint density at radius 2 is 1.85 bits per heavy atom. The minimum absolute atomic E-state index is 0.0271. The summed E-state index contributed by atoms with van der Waals surface area (Å²) in [4.78, 5) is 13.9. The highest BCUT2D eigenvalue weighted by atomic mass is 32.2. The van der Waals surface area contributed by atoms with Crippen LogP contribution in [0, 0.1) is 6.92 Å². The maximum absolute atomic E-state index is 12.4. The van der Waals surface area contributed by atoms with E-state index in [1.165, 1.54) is 0 Å². The monoisotopic (exact) mass is 296 g/mol. The number of nitrogens with two attached hydrogens (primary N) is 1. The molecule has 1 amide bonds. The third kappa shape index (κ3) is 3.58. The Morgan fingerprint density at radius 1 is 1.20 bits per heavy atom. The molecule has 0 aliphatic carbocycles. The average Bonchev–Trinajstić information content (AvgIpc) is 2.59. The fourth-order valence-corrected chi connectivity index (χ4v) is 3.54. The molecule has 1 saturated heterocycles. The van der Waals surface area contributed by atoms with Crippen LogP contribution in [-0.2, 0) is 14.6 Å². The van der Waals surface area contributed by atoms with Gasteiger partial charge in [0.15, 0.2) is 9.84 Å². The van der Waals surface area contributed by atoms with Gasteiger partial charge < -0.3 is 10.6 Å². The summed E-state index contributed by atoms with van der Waals surface area (Å²) >= 11 is 0. The van der Waals surface area contributed by atoms with E-state index in [9.17, 15) is 13.2 Å². The Kier molecular flexibility index (Phi) is 4.45. The van der Waals surface area contributed by atoms with Crippen molar-refractivity contribution < 1.29 is 13.2 Å². The molecule has 1 aliphatic heterocycles. The molecule has 0 saturated carbocycles. The summed E-state index contributed by atoms with van der Waals surface area (Å²) in [5.41, 5.74) is 7.86. The van der Waals surface area contributed by atoms with Gasteiger partial charge in [0, 0.05) is 13.1 Å². The van der Waals surface area contributed by atoms with Crippen molar-refractivity contribution >= 4 is 15.7 Å². The van der Waals surface area contributed by atoms with Gasteiger partial charge in [0.2, 0.25) is 5.91 Å². The molecule has 1 aromatic carbocycles. The SMILES string of the molecule is Cc1ccc(C(N)C(=O)N2CCCS(=O)(=O)CC2)cc1. The molecule has 6 heteroatoms. The molecular weight excluding hydrogens is 276 g/mol. The smallest absolute Gasteiger partial charge is 0.244 e. The van der Waals surface area contributed by atoms with E-state index >= 15 is 0 Å². The van der Waals surface area contributed by atoms with E-state index < -0.39 is 15.9 Å². The molecule has 2 rings (SSSR count). The fraction of sp³-hybridized carbons (Fsp3) is 0.500. The molecule has 1 fully saturated rings. The molecule has 0 aromatic heterocycles. The molecule has 2 N–H and O–H groups in total. The van der Waals surface area contributed by atoms with Gasteiger partial charge in [-0.15, -0.1) is 0 Å². The zero-order chi connectivity index (χ0) is 14.8. The molecule has 5 nitrogen and oxygen atoms in total. The van der Waals surface area contributed by atoms with Gasteiger partial charge in [0.05, 0.1) is 11.5 Å². The summed E-state index contributed by atoms with van der Waals surface area (Å²) in [5.74, 6) is -0.0263. The third-order valence-electron chi connectivity index (χ3n) is 3.57. The van der Waals surface area contributed by atoms with Crippen LogP contribution in [0.3, 0.4) is 0 Å². The number of sulfone groups is 1. The predicted octanol–water partition coefficient (Wildman–Crippen LogP) is 0.642. The van der Waals surface area contributed by atoms with Crippen LogP contribution in [0.25, 0.3) is 0 Å². The second kappa shape index (κ2) is 5.93. The van der Waals surface area contributed by atoms with Gasteiger partial charge in [-0.05, 0) is 18.9 Å². The number of nitrogens with zero attached hydrogens (tertiary/aromatic N) is 1. The van der Waals surface area contributed by atoms with E-state index in [1.807, 2.05) is 31.2 Å². The van der Waals surface area contributed by atoms with Crippen LogP contribution in [0.5, 0.6) is 0 Å². The molecule has 0 radical (unpaired) electrons. The molecular formula is C14H20N2O3S. The lowest BCUT2D eigenvalue weighted by molar-refractivity contribution is -0.132. The lowest BCUT2D eigenvalue weighted by Crippen LogP contribution is -2.40. The first-order valence-electron chi connectivity index (χ1n) is 6.70. The van der Waals surface area contributed by atoms with Crippen molar-refractivity contribution in [3.05, 3.63) is 35.4 Å². The lowest BCUT2D eigenvalue weighted by Gasteiger charge is -2.23. The van der Waals surface area contributed by atoms with Gasteiger partial charge in [0.1, 0.15) is 6.04 Å². The summed E-state index contributed by atoms with van der Waals surface area (Å²) in [6.45, 7) is 2.66. The van der Waals surface area contributed by atoms with Gasteiger partial charge in [-0.25, -0.2) is 8.42 Å². The first-order valence-corrected chi connectivity index (χ1v) is 8.52. The Labute approximate surface area is 119 Å². The summed E-state index contributed by atoms with van der Waals surface area (Å²) < 4.78 is 23.1. The predicted molar refractivity (Wildman–Crippen MR) is 78.0 cm³/mol. The van der Waals surface area contributed by atoms with Crippen LogP contribution in [0.1, 0.15) is 23.6 Å². The number of hydrogen-bond donors (Lipinski definition) is 1. The minimum atomic E-state index is -3.02. The zero-order valence-corrected chi connectivity index (χ0v) is 12.4. The lowest BCUT2D eigenvalue weighted by atomic mass is 10.0. The largest absolute Gasteiger partial charge is 0.340 e. The Morgan fingerprint density at radius 3 is 2.50 bits per heavy atom. The quantitative estimate of drug-likeness (QED) is 0.868. The number of benzene rings is 1. The second-order valence-electron chi connectivity index (χ2n) is 5.22. The summed E-state index contributed by atoms with van der Waals surface area (Å²) in [6.07, 6.45) is 0.481. The molecule has 110 valence electrons. The molecule has 1 heterocycles. The molecule has 20 heavy (non-hydrogen) atoms. The highest BCUT2D eigenvalue weighted by molar-refractivity contribution is 7.91. The van der Waals surface area contributed by atoms with Crippen LogP contribution in [0.2, 0.25) is 0 Å². The van der Waals surface area contributed by atoms with Crippen molar-refractivity contribution in [2.75, 3.05) is 24.6 Å². The first-order chi connectivity index (χ1) is 9.39. The Bertz CT molecular complexity index is 581. The molecule has 1 unspecified atom stereocenters. The van der Waals surface area contributed by atoms with Gasteiger partial charge in [-0.1, -0.05) is 29.8 Å². The first kappa shape index (κ1) is 15.0. The standard InChI is InChI=1S/C14H20N2O3S/c1-11-3-5-12(6-4-11)13(15)14(17)16-7-2-9-20(18,19)10-8-16/h3-6,13H,2,7-10,15H2,1H3. The molecule has 0 spiro atoms. The zero-order valence-electron chi connectivity index (χ0n) is 11.6. The summed E-state index contributed by atoms with van der Waals surface area (Å²) in [7, 11) is -3.02. The van der Waals surface area contributed by atoms with Crippen molar-refractivity contribution in [3.63, 3.8) is 0 Å². The van der Waals surface area contributed by atoms with Crippen LogP contribution >= 0.6 is 0 Å². The van der Waals surface area contributed by atoms with Gasteiger partial charge in [0.25, 0.3) is 0 Å². The van der Waals surface area contributed by atoms with E-state index in [2.05, 4.69) is 0 Å². The summed E-state index contributed by atoms with van der Waals surface area (Å²) in [6, 6.07) is 6.78. The van der Waals surface area contributed by atoms with E-state index in [1.54, 1.807) is 4.90 Å². The average molecular weight is 296 g/mol. The van der Waals surface area contributed by atoms with Crippen molar-refractivity contribution in [1.82, 2.24) is 4.90 Å². The van der Waals surface area contributed by atoms with Crippen molar-refractivity contribution in [3.8, 4) is 0 Å². The van der Waals surface area contributed by atoms with E-state index in [0.29, 0.717) is 13.0 Å². The van der Waals surface area contributed by atoms with Gasteiger partial charge in [-0.2, -0.15) is 0 Å². The van der Waals surface area contributed by atoms with Crippen LogP contribution in [0.4, 0.5) is 0 Å². The summed E-state index contributed by atoms with van der Waals surface area (Å²) in [5, 5.41) is 0. The highest BCUT2D eigenvalue weighted by Crippen LogP contribution is 2.16. The number of hydrogen-bond acceptors (Lipinski definition) is 4. The normalized spacial score (nSPS) is 20.2. The number of carbonyl (C=O) groups is 1. The highest BCUT2D eigenvalue weighted by Gasteiger charge is 2.26. The Hall–Kier alpha value is -1.40. The second-order valence-corrected chi connectivity index (χ2v) is 7.52. The van der Waals surface area contributed by atoms with Crippen molar-refractivity contribution in [2.24, 2.45) is 5.73 Å². The van der Waals surface area contributed by atoms with E-state index in [0.717, 1.165) is 11.1 Å². The number of carbonyl (C=O) groups excluding carboxylic acids is 1. The topological polar surface area (TPSA) is 80.5 Å². The maximum Gasteiger partial charge on any atom is 0.244 e. The van der Waals surface area contributed by atoms with E-state index in [4.69, 9.17) is 5.73 Å². The van der Waals surface area contributed by atoms with Gasteiger partial charge >= 0.3 is 0 Å². The number of amides is 1. The molecule has 0 bridgehead atoms. The van der Waals surface area contributed by atoms with E-state index in [-0.39, 0.29) is 24.0 Å². The molecule has 1 aliphatic rings. The van der Waals surface area contributed by atoms with Crippen LogP contribution < -0.4 is 5.73 Å². The molecule has 1 aromatic rings. The third-order valence-corrected chi connectivity index (χ3v) is 5.29.